The molecule has 0 aliphatic rings. The van der Waals surface area contributed by atoms with Gasteiger partial charge in [-0.2, -0.15) is 5.10 Å². The van der Waals surface area contributed by atoms with Gasteiger partial charge in [0.05, 0.1) is 21.3 Å². The lowest BCUT2D eigenvalue weighted by Crippen LogP contribution is -2.48. The Balaban J connectivity index is 2.46. The minimum absolute atomic E-state index is 0.0759. The van der Waals surface area contributed by atoms with E-state index >= 15 is 0 Å². The van der Waals surface area contributed by atoms with Gasteiger partial charge in [-0.15, -0.1) is 0 Å². The summed E-state index contributed by atoms with van der Waals surface area (Å²) >= 11 is 0. The highest BCUT2D eigenvalue weighted by atomic mass is 32.2. The number of Topliss-reactive ketones (excluding diaryl/α,β-unsaturated/α-hetero) is 1. The summed E-state index contributed by atoms with van der Waals surface area (Å²) in [6.07, 6.45) is 1.32. The van der Waals surface area contributed by atoms with Gasteiger partial charge in [-0.05, 0) is 39.8 Å². The maximum atomic E-state index is 14.5. The van der Waals surface area contributed by atoms with Crippen LogP contribution in [0.3, 0.4) is 0 Å². The number of rotatable bonds is 6. The number of aromatic nitrogens is 2. The van der Waals surface area contributed by atoms with Crippen LogP contribution < -0.4 is 4.72 Å². The highest BCUT2D eigenvalue weighted by Crippen LogP contribution is 2.31. The minimum Gasteiger partial charge on any atom is -0.292 e. The quantitative estimate of drug-likeness (QED) is 0.779. The van der Waals surface area contributed by atoms with Crippen molar-refractivity contribution in [3.05, 3.63) is 53.4 Å². The zero-order chi connectivity index (χ0) is 19.7. The van der Waals surface area contributed by atoms with Gasteiger partial charge in [0.1, 0.15) is 17.3 Å². The van der Waals surface area contributed by atoms with Crippen LogP contribution in [0.2, 0.25) is 0 Å². The number of hydrogen-bond acceptors (Lipinski definition) is 3. The summed E-state index contributed by atoms with van der Waals surface area (Å²) in [7, 11) is 0.0543. The van der Waals surface area contributed by atoms with Crippen molar-refractivity contribution in [2.75, 3.05) is 0 Å². The number of benzene rings is 1. The minimum atomic E-state index is -1.57. The molecule has 0 fully saturated rings. The number of nitrogens with one attached hydrogen (secondary N) is 1. The van der Waals surface area contributed by atoms with E-state index in [2.05, 4.69) is 9.82 Å². The van der Waals surface area contributed by atoms with E-state index in [1.165, 1.54) is 16.9 Å². The summed E-state index contributed by atoms with van der Waals surface area (Å²) in [4.78, 5) is 12.7. The Morgan fingerprint density at radius 2 is 1.88 bits per heavy atom. The molecular weight excluding hydrogens is 360 g/mol. The van der Waals surface area contributed by atoms with Crippen LogP contribution >= 0.6 is 0 Å². The van der Waals surface area contributed by atoms with Crippen LogP contribution in [0.15, 0.2) is 30.5 Å². The molecule has 0 radical (unpaired) electrons. The van der Waals surface area contributed by atoms with Gasteiger partial charge in [-0.25, -0.2) is 17.7 Å². The molecule has 26 heavy (non-hydrogen) atoms. The predicted octanol–water partition coefficient (Wildman–Crippen LogP) is 3.24. The van der Waals surface area contributed by atoms with Gasteiger partial charge in [0.2, 0.25) is 0 Å². The number of ketones is 1. The van der Waals surface area contributed by atoms with Crippen LogP contribution in [0.25, 0.3) is 0 Å². The topological polar surface area (TPSA) is 64.0 Å². The molecular formula is C18H23F2N3O2S. The maximum absolute atomic E-state index is 14.5. The molecule has 0 aliphatic heterocycles. The number of hydrogen-bond donors (Lipinski definition) is 1. The SMILES string of the molecule is Cn1nccc1C(=O)C[C@](C)(N[S@](=O)C(C)(C)C)c1ccc(F)cc1F. The van der Waals surface area contributed by atoms with Crippen LogP contribution in [0, 0.1) is 11.6 Å². The molecule has 1 N–H and O–H groups in total. The zero-order valence-corrected chi connectivity index (χ0v) is 16.3. The van der Waals surface area contributed by atoms with E-state index in [0.29, 0.717) is 5.69 Å². The number of carbonyl (C=O) groups is 1. The molecule has 2 rings (SSSR count). The van der Waals surface area contributed by atoms with Crippen molar-refractivity contribution in [2.24, 2.45) is 7.05 Å². The third-order valence-corrected chi connectivity index (χ3v) is 5.77. The molecule has 1 heterocycles. The van der Waals surface area contributed by atoms with Crippen molar-refractivity contribution in [3.63, 3.8) is 0 Å². The third-order valence-electron chi connectivity index (χ3n) is 4.02. The molecule has 0 spiro atoms. The molecule has 1 aromatic carbocycles. The predicted molar refractivity (Wildman–Crippen MR) is 96.9 cm³/mol. The smallest absolute Gasteiger partial charge is 0.183 e. The van der Waals surface area contributed by atoms with E-state index in [1.54, 1.807) is 40.8 Å². The maximum Gasteiger partial charge on any atom is 0.183 e. The van der Waals surface area contributed by atoms with Crippen molar-refractivity contribution >= 4 is 16.8 Å². The lowest BCUT2D eigenvalue weighted by atomic mass is 9.87. The summed E-state index contributed by atoms with van der Waals surface area (Å²) in [5.41, 5.74) is -0.869. The van der Waals surface area contributed by atoms with Gasteiger partial charge in [0.25, 0.3) is 0 Å². The lowest BCUT2D eigenvalue weighted by Gasteiger charge is -2.33. The summed E-state index contributed by atoms with van der Waals surface area (Å²) in [5, 5.41) is 3.96. The fraction of sp³-hybridized carbons (Fsp3) is 0.444. The molecule has 1 aromatic heterocycles. The summed E-state index contributed by atoms with van der Waals surface area (Å²) in [5.74, 6) is -1.82. The summed E-state index contributed by atoms with van der Waals surface area (Å²) in [6, 6.07) is 4.70. The normalized spacial score (nSPS) is 15.5. The Morgan fingerprint density at radius 3 is 2.38 bits per heavy atom. The molecule has 2 aromatic rings. The number of aryl methyl sites for hydroxylation is 1. The first-order valence-electron chi connectivity index (χ1n) is 8.10. The Morgan fingerprint density at radius 1 is 1.23 bits per heavy atom. The average molecular weight is 383 g/mol. The van der Waals surface area contributed by atoms with E-state index in [1.807, 2.05) is 0 Å². The van der Waals surface area contributed by atoms with Crippen molar-refractivity contribution < 1.29 is 17.8 Å². The molecule has 8 heteroatoms. The second kappa shape index (κ2) is 7.36. The van der Waals surface area contributed by atoms with E-state index in [4.69, 9.17) is 0 Å². The van der Waals surface area contributed by atoms with Crippen molar-refractivity contribution in [3.8, 4) is 0 Å². The highest BCUT2D eigenvalue weighted by molar-refractivity contribution is 7.84. The Kier molecular flexibility index (Phi) is 5.77. The fourth-order valence-electron chi connectivity index (χ4n) is 2.54. The van der Waals surface area contributed by atoms with Gasteiger partial charge < -0.3 is 0 Å². The Labute approximate surface area is 154 Å². The fourth-order valence-corrected chi connectivity index (χ4v) is 3.44. The zero-order valence-electron chi connectivity index (χ0n) is 15.5. The third kappa shape index (κ3) is 4.42. The van der Waals surface area contributed by atoms with Crippen LogP contribution in [0.5, 0.6) is 0 Å². The van der Waals surface area contributed by atoms with Crippen LogP contribution in [0.4, 0.5) is 8.78 Å². The van der Waals surface area contributed by atoms with Crippen molar-refractivity contribution in [2.45, 2.75) is 44.4 Å². The second-order valence-corrected chi connectivity index (χ2v) is 9.35. The van der Waals surface area contributed by atoms with E-state index in [9.17, 15) is 17.8 Å². The molecule has 5 nitrogen and oxygen atoms in total. The first kappa shape index (κ1) is 20.4. The summed E-state index contributed by atoms with van der Waals surface area (Å²) < 4.78 is 44.1. The number of nitrogens with zero attached hydrogens (tertiary/aromatic N) is 2. The van der Waals surface area contributed by atoms with Gasteiger partial charge in [0.15, 0.2) is 5.78 Å². The monoisotopic (exact) mass is 383 g/mol. The summed E-state index contributed by atoms with van der Waals surface area (Å²) in [6.45, 7) is 6.88. The molecule has 0 aliphatic carbocycles. The molecule has 0 saturated heterocycles. The Hall–Kier alpha value is -1.93. The molecule has 2 atom stereocenters. The molecule has 0 saturated carbocycles. The van der Waals surface area contributed by atoms with E-state index in [0.717, 1.165) is 12.1 Å². The second-order valence-electron chi connectivity index (χ2n) is 7.38. The van der Waals surface area contributed by atoms with Crippen molar-refractivity contribution in [1.82, 2.24) is 14.5 Å². The number of carbonyl (C=O) groups excluding carboxylic acids is 1. The molecule has 0 unspecified atom stereocenters. The number of halogens is 2. The molecule has 0 bridgehead atoms. The van der Waals surface area contributed by atoms with E-state index in [-0.39, 0.29) is 17.8 Å². The highest BCUT2D eigenvalue weighted by Gasteiger charge is 2.37. The van der Waals surface area contributed by atoms with Gasteiger partial charge in [-0.3, -0.25) is 9.48 Å². The van der Waals surface area contributed by atoms with Gasteiger partial charge >= 0.3 is 0 Å². The lowest BCUT2D eigenvalue weighted by molar-refractivity contribution is 0.0940. The first-order valence-corrected chi connectivity index (χ1v) is 9.25. The van der Waals surface area contributed by atoms with Gasteiger partial charge in [0, 0.05) is 31.3 Å². The van der Waals surface area contributed by atoms with Crippen LogP contribution in [-0.4, -0.2) is 24.5 Å². The largest absolute Gasteiger partial charge is 0.292 e. The van der Waals surface area contributed by atoms with Gasteiger partial charge in [-0.1, -0.05) is 6.07 Å². The Bertz CT molecular complexity index is 845. The average Bonchev–Trinajstić information content (AvgIpc) is 2.92. The molecule has 0 amide bonds. The van der Waals surface area contributed by atoms with Crippen molar-refractivity contribution in [1.29, 1.82) is 0 Å². The standard InChI is InChI=1S/C18H23F2N3O2S/c1-17(2,3)26(25)22-18(4,13-7-6-12(19)10-14(13)20)11-16(24)15-8-9-21-23(15)5/h6-10,22H,11H2,1-5H3/t18-,26+/m0/s1. The van der Waals surface area contributed by atoms with Crippen LogP contribution in [-0.2, 0) is 23.6 Å². The first-order chi connectivity index (χ1) is 11.9. The molecule has 142 valence electrons. The van der Waals surface area contributed by atoms with E-state index < -0.39 is 32.9 Å². The van der Waals surface area contributed by atoms with Crippen LogP contribution in [0.1, 0.15) is 50.2 Å².